The molecule has 0 fully saturated rings. The lowest BCUT2D eigenvalue weighted by atomic mass is 10.0. The molecule has 0 radical (unpaired) electrons. The van der Waals surface area contributed by atoms with Crippen LogP contribution in [0.1, 0.15) is 11.1 Å². The largest absolute Gasteiger partial charge is 0.116 e. The Bertz CT molecular complexity index is 1200. The van der Waals surface area contributed by atoms with Crippen LogP contribution < -0.4 is 15.9 Å². The number of aryl methyl sites for hydroxylation is 1. The Balaban J connectivity index is 1.83. The highest BCUT2D eigenvalue weighted by atomic mass is 31.2. The normalized spacial score (nSPS) is 11.5. The number of benzene rings is 5. The van der Waals surface area contributed by atoms with Crippen molar-refractivity contribution in [1.29, 1.82) is 0 Å². The number of hydrogen-bond acceptors (Lipinski definition) is 0. The van der Waals surface area contributed by atoms with Crippen molar-refractivity contribution in [2.45, 2.75) is 13.1 Å². The van der Waals surface area contributed by atoms with Crippen LogP contribution in [0.3, 0.4) is 0 Å². The van der Waals surface area contributed by atoms with Gasteiger partial charge in [0.2, 0.25) is 0 Å². The first-order valence-corrected chi connectivity index (χ1v) is 12.8. The fraction of sp³-hybridized carbons (Fsp3) is 0.0667. The van der Waals surface area contributed by atoms with Gasteiger partial charge in [-0.25, -0.2) is 0 Å². The first-order chi connectivity index (χ1) is 15.3. The van der Waals surface area contributed by atoms with Crippen LogP contribution in [0, 0.1) is 6.92 Å². The standard InChI is InChI=1S/C30H26P/c1-24-21-25-13-11-12-20-30(25)26(22-24)23-31(27-14-5-2-6-15-27,28-16-7-3-8-17-28)29-18-9-4-10-19-29/h2-22H,23H2,1H3/q+1. The van der Waals surface area contributed by atoms with Gasteiger partial charge in [0.15, 0.2) is 0 Å². The van der Waals surface area contributed by atoms with Gasteiger partial charge in [-0.1, -0.05) is 96.6 Å². The molecule has 0 aliphatic heterocycles. The second-order valence-corrected chi connectivity index (χ2v) is 11.6. The maximum absolute atomic E-state index is 2.39. The van der Waals surface area contributed by atoms with Crippen LogP contribution in [-0.2, 0) is 6.16 Å². The molecule has 150 valence electrons. The highest BCUT2D eigenvalue weighted by molar-refractivity contribution is 7.95. The van der Waals surface area contributed by atoms with Crippen molar-refractivity contribution in [3.8, 4) is 0 Å². The molecule has 0 nitrogen and oxygen atoms in total. The van der Waals surface area contributed by atoms with E-state index in [1.807, 2.05) is 0 Å². The molecule has 0 amide bonds. The highest BCUT2D eigenvalue weighted by Crippen LogP contribution is 2.58. The zero-order valence-electron chi connectivity index (χ0n) is 17.8. The van der Waals surface area contributed by atoms with E-state index in [1.54, 1.807) is 0 Å². The summed E-state index contributed by atoms with van der Waals surface area (Å²) in [5, 5.41) is 6.97. The average molecular weight is 418 g/mol. The second kappa shape index (κ2) is 8.50. The smallest absolute Gasteiger partial charge is 0.0620 e. The van der Waals surface area contributed by atoms with Crippen LogP contribution in [-0.4, -0.2) is 0 Å². The zero-order valence-corrected chi connectivity index (χ0v) is 18.7. The maximum atomic E-state index is 2.39. The minimum atomic E-state index is -1.90. The van der Waals surface area contributed by atoms with Gasteiger partial charge >= 0.3 is 0 Å². The minimum Gasteiger partial charge on any atom is -0.0620 e. The Morgan fingerprint density at radius 1 is 0.516 bits per heavy atom. The van der Waals surface area contributed by atoms with E-state index in [0.29, 0.717) is 0 Å². The summed E-state index contributed by atoms with van der Waals surface area (Å²) >= 11 is 0. The van der Waals surface area contributed by atoms with Crippen molar-refractivity contribution in [2.24, 2.45) is 0 Å². The van der Waals surface area contributed by atoms with Gasteiger partial charge in [0, 0.05) is 0 Å². The lowest BCUT2D eigenvalue weighted by Gasteiger charge is -2.28. The van der Waals surface area contributed by atoms with E-state index in [1.165, 1.54) is 37.8 Å². The van der Waals surface area contributed by atoms with Gasteiger partial charge in [-0.2, -0.15) is 0 Å². The molecule has 5 aromatic rings. The molecule has 0 heterocycles. The van der Waals surface area contributed by atoms with Crippen LogP contribution in [0.15, 0.2) is 127 Å². The van der Waals surface area contributed by atoms with E-state index in [4.69, 9.17) is 0 Å². The predicted molar refractivity (Wildman–Crippen MR) is 138 cm³/mol. The lowest BCUT2D eigenvalue weighted by molar-refractivity contribution is 1.38. The Hall–Kier alpha value is -3.21. The molecule has 0 aromatic heterocycles. The quantitative estimate of drug-likeness (QED) is 0.281. The summed E-state index contributed by atoms with van der Waals surface area (Å²) in [6.07, 6.45) is 1.01. The molecule has 0 bridgehead atoms. The van der Waals surface area contributed by atoms with Gasteiger partial charge < -0.3 is 0 Å². The summed E-state index contributed by atoms with van der Waals surface area (Å²) in [6, 6.07) is 46.9. The summed E-state index contributed by atoms with van der Waals surface area (Å²) < 4.78 is 0. The fourth-order valence-electron chi connectivity index (χ4n) is 4.71. The molecule has 5 aromatic carbocycles. The molecule has 5 rings (SSSR count). The first-order valence-electron chi connectivity index (χ1n) is 10.8. The molecule has 0 unspecified atom stereocenters. The predicted octanol–water partition coefficient (Wildman–Crippen LogP) is 6.64. The third kappa shape index (κ3) is 3.69. The van der Waals surface area contributed by atoms with Crippen molar-refractivity contribution in [1.82, 2.24) is 0 Å². The van der Waals surface area contributed by atoms with Gasteiger partial charge in [0.1, 0.15) is 23.2 Å². The molecule has 0 saturated carbocycles. The molecule has 0 N–H and O–H groups in total. The monoisotopic (exact) mass is 417 g/mol. The first kappa shape index (κ1) is 19.7. The van der Waals surface area contributed by atoms with E-state index < -0.39 is 7.26 Å². The van der Waals surface area contributed by atoms with Crippen LogP contribution in [0.5, 0.6) is 0 Å². The van der Waals surface area contributed by atoms with Gasteiger partial charge in [0.25, 0.3) is 0 Å². The van der Waals surface area contributed by atoms with Gasteiger partial charge in [-0.05, 0) is 59.7 Å². The second-order valence-electron chi connectivity index (χ2n) is 8.12. The molecule has 0 spiro atoms. The number of fused-ring (bicyclic) bond motifs is 1. The number of hydrogen-bond donors (Lipinski definition) is 0. The summed E-state index contributed by atoms with van der Waals surface area (Å²) in [4.78, 5) is 0. The summed E-state index contributed by atoms with van der Waals surface area (Å²) in [7, 11) is -1.90. The highest BCUT2D eigenvalue weighted by Gasteiger charge is 2.45. The molecule has 31 heavy (non-hydrogen) atoms. The van der Waals surface area contributed by atoms with Crippen molar-refractivity contribution < 1.29 is 0 Å². The van der Waals surface area contributed by atoms with Crippen LogP contribution in [0.4, 0.5) is 0 Å². The zero-order chi connectivity index (χ0) is 21.1. The van der Waals surface area contributed by atoms with Gasteiger partial charge in [0.05, 0.1) is 6.16 Å². The van der Waals surface area contributed by atoms with E-state index in [0.717, 1.165) is 6.16 Å². The van der Waals surface area contributed by atoms with Crippen LogP contribution in [0.25, 0.3) is 10.8 Å². The molecule has 0 atom stereocenters. The lowest BCUT2D eigenvalue weighted by Crippen LogP contribution is -2.32. The molecule has 0 saturated heterocycles. The summed E-state index contributed by atoms with van der Waals surface area (Å²) in [5.74, 6) is 0. The molecule has 0 aliphatic rings. The fourth-order valence-corrected chi connectivity index (χ4v) is 8.97. The summed E-state index contributed by atoms with van der Waals surface area (Å²) in [6.45, 7) is 2.21. The van der Waals surface area contributed by atoms with Crippen molar-refractivity contribution in [3.05, 3.63) is 139 Å². The molecular weight excluding hydrogens is 391 g/mol. The Morgan fingerprint density at radius 3 is 1.48 bits per heavy atom. The van der Waals surface area contributed by atoms with Gasteiger partial charge in [-0.3, -0.25) is 0 Å². The third-order valence-corrected chi connectivity index (χ3v) is 10.4. The van der Waals surface area contributed by atoms with Crippen LogP contribution in [0.2, 0.25) is 0 Å². The van der Waals surface area contributed by atoms with E-state index in [9.17, 15) is 0 Å². The van der Waals surface area contributed by atoms with Crippen molar-refractivity contribution in [2.75, 3.05) is 0 Å². The Labute approximate surface area is 185 Å². The molecule has 0 aliphatic carbocycles. The van der Waals surface area contributed by atoms with Gasteiger partial charge in [-0.15, -0.1) is 0 Å². The third-order valence-electron chi connectivity index (χ3n) is 6.09. The van der Waals surface area contributed by atoms with E-state index in [2.05, 4.69) is 134 Å². The average Bonchev–Trinajstić information content (AvgIpc) is 2.84. The summed E-state index contributed by atoms with van der Waals surface area (Å²) in [5.41, 5.74) is 2.75. The van der Waals surface area contributed by atoms with Crippen molar-refractivity contribution >= 4 is 33.9 Å². The SMILES string of the molecule is Cc1cc(C[P+](c2ccccc2)(c2ccccc2)c2ccccc2)c2ccccc2c1. The van der Waals surface area contributed by atoms with E-state index in [-0.39, 0.29) is 0 Å². The minimum absolute atomic E-state index is 1.01. The maximum Gasteiger partial charge on any atom is 0.116 e. The molecule has 1 heteroatoms. The number of rotatable bonds is 5. The topological polar surface area (TPSA) is 0 Å². The van der Waals surface area contributed by atoms with Crippen LogP contribution >= 0.6 is 7.26 Å². The Morgan fingerprint density at radius 2 is 0.968 bits per heavy atom. The molecular formula is C30H26P+. The Kier molecular flexibility index (Phi) is 5.41. The van der Waals surface area contributed by atoms with Crippen molar-refractivity contribution in [3.63, 3.8) is 0 Å². The van der Waals surface area contributed by atoms with E-state index >= 15 is 0 Å².